The summed E-state index contributed by atoms with van der Waals surface area (Å²) in [5.74, 6) is -0.515. The highest BCUT2D eigenvalue weighted by molar-refractivity contribution is 6.33. The first kappa shape index (κ1) is 23.0. The molecule has 0 spiro atoms. The molecule has 2 atom stereocenters. The van der Waals surface area contributed by atoms with Gasteiger partial charge in [0.25, 0.3) is 5.91 Å². The van der Waals surface area contributed by atoms with Gasteiger partial charge in [-0.2, -0.15) is 5.10 Å². The standard InChI is InChI=1S/C21H28ClFN6O2/c1-3-4-5-6-7-8-12-29-17-18(28(2)21(31)26-19(17)30)25-20(29)27-24-13-14-15(22)10-9-11-16(14)23/h9-11,13,17-18H,3-8,12H2,1-2H3,(H,25,27)(H,26,30,31)/b24-13+. The van der Waals surface area contributed by atoms with Crippen molar-refractivity contribution in [2.75, 3.05) is 13.6 Å². The zero-order valence-electron chi connectivity index (χ0n) is 17.8. The fourth-order valence-electron chi connectivity index (χ4n) is 3.71. The zero-order chi connectivity index (χ0) is 22.4. The molecule has 1 aromatic carbocycles. The van der Waals surface area contributed by atoms with E-state index in [0.717, 1.165) is 19.3 Å². The molecule has 3 amide bonds. The molecule has 8 nitrogen and oxygen atoms in total. The maximum Gasteiger partial charge on any atom is 0.325 e. The van der Waals surface area contributed by atoms with Gasteiger partial charge in [-0.25, -0.2) is 19.6 Å². The van der Waals surface area contributed by atoms with Crippen molar-refractivity contribution in [1.82, 2.24) is 20.5 Å². The van der Waals surface area contributed by atoms with Crippen LogP contribution in [0.4, 0.5) is 9.18 Å². The van der Waals surface area contributed by atoms with E-state index in [2.05, 4.69) is 27.8 Å². The van der Waals surface area contributed by atoms with Gasteiger partial charge in [0.1, 0.15) is 5.82 Å². The summed E-state index contributed by atoms with van der Waals surface area (Å²) >= 11 is 6.03. The lowest BCUT2D eigenvalue weighted by molar-refractivity contribution is -0.127. The second-order valence-electron chi connectivity index (χ2n) is 7.68. The quantitative estimate of drug-likeness (QED) is 0.343. The molecule has 0 aromatic heterocycles. The Morgan fingerprint density at radius 2 is 2.00 bits per heavy atom. The van der Waals surface area contributed by atoms with Crippen LogP contribution in [0, 0.1) is 5.82 Å². The third-order valence-electron chi connectivity index (χ3n) is 5.47. The van der Waals surface area contributed by atoms with Gasteiger partial charge in [-0.05, 0) is 18.6 Å². The summed E-state index contributed by atoms with van der Waals surface area (Å²) in [7, 11) is 1.59. The van der Waals surface area contributed by atoms with Crippen molar-refractivity contribution in [3.63, 3.8) is 0 Å². The van der Waals surface area contributed by atoms with Gasteiger partial charge in [0.05, 0.1) is 11.2 Å². The highest BCUT2D eigenvalue weighted by Crippen LogP contribution is 2.24. The van der Waals surface area contributed by atoms with E-state index < -0.39 is 24.1 Å². The number of benzene rings is 1. The van der Waals surface area contributed by atoms with Crippen molar-refractivity contribution in [1.29, 1.82) is 0 Å². The maximum absolute atomic E-state index is 14.0. The van der Waals surface area contributed by atoms with E-state index in [1.807, 2.05) is 4.90 Å². The zero-order valence-corrected chi connectivity index (χ0v) is 18.5. The van der Waals surface area contributed by atoms with E-state index in [-0.39, 0.29) is 16.5 Å². The van der Waals surface area contributed by atoms with Gasteiger partial charge in [-0.3, -0.25) is 10.1 Å². The molecule has 2 unspecified atom stereocenters. The number of fused-ring (bicyclic) bond motifs is 1. The van der Waals surface area contributed by atoms with Gasteiger partial charge in [0.15, 0.2) is 12.2 Å². The minimum absolute atomic E-state index is 0.153. The molecule has 31 heavy (non-hydrogen) atoms. The Bertz CT molecular complexity index is 857. The molecule has 0 bridgehead atoms. The minimum Gasteiger partial charge on any atom is -0.326 e. The van der Waals surface area contributed by atoms with Crippen LogP contribution in [-0.4, -0.2) is 59.7 Å². The Morgan fingerprint density at radius 3 is 2.74 bits per heavy atom. The first-order chi connectivity index (χ1) is 14.9. The summed E-state index contributed by atoms with van der Waals surface area (Å²) in [5, 5.41) is 6.69. The van der Waals surface area contributed by atoms with Crippen LogP contribution < -0.4 is 10.7 Å². The van der Waals surface area contributed by atoms with E-state index >= 15 is 0 Å². The number of urea groups is 1. The van der Waals surface area contributed by atoms with Crippen molar-refractivity contribution in [2.45, 2.75) is 57.7 Å². The Morgan fingerprint density at radius 1 is 1.26 bits per heavy atom. The Hall–Kier alpha value is -2.68. The number of hydrogen-bond acceptors (Lipinski definition) is 6. The summed E-state index contributed by atoms with van der Waals surface area (Å²) in [6, 6.07) is 3.26. The van der Waals surface area contributed by atoms with Gasteiger partial charge >= 0.3 is 6.03 Å². The number of unbranched alkanes of at least 4 members (excludes halogenated alkanes) is 5. The van der Waals surface area contributed by atoms with Gasteiger partial charge < -0.3 is 9.80 Å². The predicted molar refractivity (Wildman–Crippen MR) is 119 cm³/mol. The minimum atomic E-state index is -0.643. The first-order valence-corrected chi connectivity index (χ1v) is 11.0. The molecule has 2 N–H and O–H groups in total. The van der Waals surface area contributed by atoms with Crippen molar-refractivity contribution < 1.29 is 14.0 Å². The number of carbonyl (C=O) groups is 2. The summed E-state index contributed by atoms with van der Waals surface area (Å²) in [6.45, 7) is 2.76. The molecular formula is C21H28ClFN6O2. The van der Waals surface area contributed by atoms with Crippen LogP contribution in [0.5, 0.6) is 0 Å². The molecule has 0 radical (unpaired) electrons. The molecule has 0 aliphatic carbocycles. The number of likely N-dealkylation sites (N-methyl/N-ethyl adjacent to an activating group) is 1. The Balaban J connectivity index is 1.72. The highest BCUT2D eigenvalue weighted by Gasteiger charge is 2.48. The normalized spacial score (nSPS) is 20.8. The molecule has 10 heteroatoms. The molecule has 1 fully saturated rings. The lowest BCUT2D eigenvalue weighted by Gasteiger charge is -2.36. The molecule has 2 aliphatic heterocycles. The monoisotopic (exact) mass is 450 g/mol. The molecule has 2 aliphatic rings. The van der Waals surface area contributed by atoms with Crippen molar-refractivity contribution in [3.05, 3.63) is 34.6 Å². The summed E-state index contributed by atoms with van der Waals surface area (Å²) in [5.41, 5.74) is 2.96. The van der Waals surface area contributed by atoms with Gasteiger partial charge in [0, 0.05) is 19.2 Å². The highest BCUT2D eigenvalue weighted by atomic mass is 35.5. The molecule has 2 heterocycles. The van der Waals surface area contributed by atoms with E-state index in [1.54, 1.807) is 13.1 Å². The number of carbonyl (C=O) groups excluding carboxylic acids is 2. The molecular weight excluding hydrogens is 423 g/mol. The maximum atomic E-state index is 14.0. The second kappa shape index (κ2) is 10.6. The van der Waals surface area contributed by atoms with Crippen LogP contribution >= 0.6 is 11.6 Å². The van der Waals surface area contributed by atoms with Crippen LogP contribution in [0.1, 0.15) is 51.0 Å². The van der Waals surface area contributed by atoms with Gasteiger partial charge in [0.2, 0.25) is 5.96 Å². The summed E-state index contributed by atoms with van der Waals surface area (Å²) in [6.07, 6.45) is 7.26. The van der Waals surface area contributed by atoms with Crippen LogP contribution in [0.15, 0.2) is 28.3 Å². The number of hydrogen-bond donors (Lipinski definition) is 2. The van der Waals surface area contributed by atoms with E-state index in [9.17, 15) is 14.0 Å². The number of aliphatic imine (C=N–C) groups is 1. The average molecular weight is 451 g/mol. The van der Waals surface area contributed by atoms with Gasteiger partial charge in [-0.15, -0.1) is 0 Å². The molecule has 1 saturated heterocycles. The predicted octanol–water partition coefficient (Wildman–Crippen LogP) is 3.31. The average Bonchev–Trinajstić information content (AvgIpc) is 3.10. The lowest BCUT2D eigenvalue weighted by atomic mass is 10.1. The van der Waals surface area contributed by atoms with E-state index in [4.69, 9.17) is 11.6 Å². The summed E-state index contributed by atoms with van der Waals surface area (Å²) < 4.78 is 14.0. The van der Waals surface area contributed by atoms with Gasteiger partial charge in [-0.1, -0.05) is 56.7 Å². The third kappa shape index (κ3) is 5.33. The van der Waals surface area contributed by atoms with E-state index in [1.165, 1.54) is 42.5 Å². The lowest BCUT2D eigenvalue weighted by Crippen LogP contribution is -2.64. The van der Waals surface area contributed by atoms with Crippen LogP contribution in [0.2, 0.25) is 5.02 Å². The number of hydrazone groups is 1. The fourth-order valence-corrected chi connectivity index (χ4v) is 3.93. The number of imide groups is 1. The number of nitrogens with zero attached hydrogens (tertiary/aromatic N) is 4. The number of guanidine groups is 1. The van der Waals surface area contributed by atoms with Crippen molar-refractivity contribution in [3.8, 4) is 0 Å². The summed E-state index contributed by atoms with van der Waals surface area (Å²) in [4.78, 5) is 32.3. The first-order valence-electron chi connectivity index (χ1n) is 10.6. The van der Waals surface area contributed by atoms with Crippen LogP contribution in [0.25, 0.3) is 0 Å². The third-order valence-corrected chi connectivity index (χ3v) is 5.80. The molecule has 0 saturated carbocycles. The van der Waals surface area contributed by atoms with Crippen molar-refractivity contribution in [2.24, 2.45) is 10.1 Å². The SMILES string of the molecule is CCCCCCCCN1C(N/N=C/c2c(F)cccc2Cl)=NC2C1C(=O)NC(=O)N2C. The topological polar surface area (TPSA) is 89.4 Å². The number of halogens is 2. The Kier molecular flexibility index (Phi) is 7.84. The van der Waals surface area contributed by atoms with E-state index in [0.29, 0.717) is 12.5 Å². The van der Waals surface area contributed by atoms with Crippen LogP contribution in [0.3, 0.4) is 0 Å². The molecule has 3 rings (SSSR count). The Labute approximate surface area is 186 Å². The number of nitrogens with one attached hydrogen (secondary N) is 2. The fraction of sp³-hybridized carbons (Fsp3) is 0.524. The second-order valence-corrected chi connectivity index (χ2v) is 8.09. The smallest absolute Gasteiger partial charge is 0.325 e. The number of rotatable bonds is 9. The largest absolute Gasteiger partial charge is 0.326 e. The van der Waals surface area contributed by atoms with Crippen molar-refractivity contribution >= 4 is 35.7 Å². The molecule has 168 valence electrons. The van der Waals surface area contributed by atoms with Crippen LogP contribution in [-0.2, 0) is 4.79 Å². The number of amides is 3. The molecule has 1 aromatic rings.